The second-order valence-corrected chi connectivity index (χ2v) is 14.8. The number of ether oxygens (including phenoxy) is 1. The number of benzene rings is 2. The predicted octanol–water partition coefficient (Wildman–Crippen LogP) is 6.88. The van der Waals surface area contributed by atoms with Gasteiger partial charge < -0.3 is 18.9 Å². The van der Waals surface area contributed by atoms with Crippen LogP contribution in [0.2, 0.25) is 18.1 Å². The van der Waals surface area contributed by atoms with Crippen LogP contribution in [-0.4, -0.2) is 27.6 Å². The number of nitrogens with one attached hydrogen (secondary N) is 1. The van der Waals surface area contributed by atoms with E-state index in [2.05, 4.69) is 63.4 Å². The first kappa shape index (κ1) is 23.3. The molecule has 1 atom stereocenters. The summed E-state index contributed by atoms with van der Waals surface area (Å²) >= 11 is 0. The van der Waals surface area contributed by atoms with Crippen LogP contribution in [0, 0.1) is 0 Å². The van der Waals surface area contributed by atoms with Gasteiger partial charge in [-0.15, -0.1) is 0 Å². The highest BCUT2D eigenvalue weighted by Crippen LogP contribution is 2.44. The Morgan fingerprint density at radius 2 is 1.61 bits per heavy atom. The number of hydrogen-bond acceptors (Lipinski definition) is 4. The number of amides is 1. The van der Waals surface area contributed by atoms with Crippen molar-refractivity contribution in [2.24, 2.45) is 0 Å². The molecular weight excluding hydrogens is 430 g/mol. The Kier molecular flexibility index (Phi) is 6.50. The normalized spacial score (nSPS) is 14.5. The molecule has 3 aromatic rings. The van der Waals surface area contributed by atoms with Crippen LogP contribution >= 0.6 is 0 Å². The molecule has 2 aromatic carbocycles. The molecule has 6 heteroatoms. The molecule has 0 spiro atoms. The maximum atomic E-state index is 12.7. The molecule has 1 aromatic heterocycles. The highest BCUT2D eigenvalue weighted by atomic mass is 28.4. The maximum Gasteiger partial charge on any atom is 0.407 e. The summed E-state index contributed by atoms with van der Waals surface area (Å²) in [6.07, 6.45) is 0.818. The zero-order valence-electron chi connectivity index (χ0n) is 20.1. The molecule has 5 nitrogen and oxygen atoms in total. The molecule has 1 aliphatic rings. The van der Waals surface area contributed by atoms with Crippen molar-refractivity contribution in [1.29, 1.82) is 0 Å². The average Bonchev–Trinajstić information content (AvgIpc) is 3.41. The van der Waals surface area contributed by atoms with E-state index in [1.54, 1.807) is 6.26 Å². The third-order valence-corrected chi connectivity index (χ3v) is 11.4. The smallest absolute Gasteiger partial charge is 0.407 e. The summed E-state index contributed by atoms with van der Waals surface area (Å²) in [7, 11) is -2.07. The Morgan fingerprint density at radius 1 is 1.00 bits per heavy atom. The first-order chi connectivity index (χ1) is 15.7. The zero-order valence-corrected chi connectivity index (χ0v) is 21.1. The minimum atomic E-state index is -2.07. The lowest BCUT2D eigenvalue weighted by Crippen LogP contribution is -2.44. The van der Waals surface area contributed by atoms with Crippen LogP contribution < -0.4 is 5.32 Å². The van der Waals surface area contributed by atoms with E-state index in [0.717, 1.165) is 0 Å². The van der Waals surface area contributed by atoms with Gasteiger partial charge in [-0.25, -0.2) is 4.79 Å². The molecule has 0 saturated carbocycles. The van der Waals surface area contributed by atoms with Crippen LogP contribution in [0.5, 0.6) is 0 Å². The summed E-state index contributed by atoms with van der Waals surface area (Å²) in [6.45, 7) is 11.5. The van der Waals surface area contributed by atoms with Gasteiger partial charge in [0, 0.05) is 5.92 Å². The number of carbonyl (C=O) groups excluding carboxylic acids is 1. The Balaban J connectivity index is 1.40. The van der Waals surface area contributed by atoms with E-state index >= 15 is 0 Å². The fraction of sp³-hybridized carbons (Fsp3) is 0.370. The second kappa shape index (κ2) is 9.19. The molecule has 0 fully saturated rings. The van der Waals surface area contributed by atoms with Gasteiger partial charge in [-0.3, -0.25) is 0 Å². The quantitative estimate of drug-likeness (QED) is 0.388. The van der Waals surface area contributed by atoms with Gasteiger partial charge in [0.1, 0.15) is 18.5 Å². The number of fused-ring (bicyclic) bond motifs is 3. The molecule has 4 rings (SSSR count). The van der Waals surface area contributed by atoms with Gasteiger partial charge in [0.05, 0.1) is 12.8 Å². The van der Waals surface area contributed by atoms with E-state index in [9.17, 15) is 4.79 Å². The average molecular weight is 464 g/mol. The number of alkyl carbamates (subject to hydrolysis) is 1. The van der Waals surface area contributed by atoms with E-state index in [0.29, 0.717) is 5.76 Å². The van der Waals surface area contributed by atoms with Gasteiger partial charge in [-0.1, -0.05) is 69.3 Å². The lowest BCUT2D eigenvalue weighted by Gasteiger charge is -2.38. The molecule has 0 bridgehead atoms. The third-order valence-electron chi connectivity index (χ3n) is 6.88. The molecule has 0 aliphatic heterocycles. The van der Waals surface area contributed by atoms with Crippen molar-refractivity contribution >= 4 is 14.4 Å². The summed E-state index contributed by atoms with van der Waals surface area (Å²) in [5.74, 6) is 0.742. The van der Waals surface area contributed by atoms with Crippen molar-refractivity contribution in [3.63, 3.8) is 0 Å². The standard InChI is InChI=1S/C27H33NO4Si/c1-27(2,3)33(4,5)32-25(24-15-10-16-30-24)17-28-26(29)31-18-23-21-13-8-6-11-19(21)20-12-7-9-14-22(20)23/h6-16,23,25H,17-18H2,1-5H3,(H,28,29). The van der Waals surface area contributed by atoms with Crippen LogP contribution in [0.4, 0.5) is 4.79 Å². The molecule has 1 N–H and O–H groups in total. The van der Waals surface area contributed by atoms with Crippen LogP contribution in [0.15, 0.2) is 71.3 Å². The largest absolute Gasteiger partial charge is 0.467 e. The third kappa shape index (κ3) is 4.92. The van der Waals surface area contributed by atoms with E-state index < -0.39 is 14.4 Å². The van der Waals surface area contributed by atoms with Crippen molar-refractivity contribution < 1.29 is 18.4 Å². The van der Waals surface area contributed by atoms with Crippen molar-refractivity contribution in [2.45, 2.75) is 50.9 Å². The van der Waals surface area contributed by atoms with Crippen molar-refractivity contribution in [1.82, 2.24) is 5.32 Å². The predicted molar refractivity (Wildman–Crippen MR) is 133 cm³/mol. The fourth-order valence-electron chi connectivity index (χ4n) is 4.03. The summed E-state index contributed by atoms with van der Waals surface area (Å²) < 4.78 is 17.8. The van der Waals surface area contributed by atoms with Gasteiger partial charge in [-0.2, -0.15) is 0 Å². The Labute approximate surface area is 197 Å². The van der Waals surface area contributed by atoms with Gasteiger partial charge in [0.15, 0.2) is 8.32 Å². The van der Waals surface area contributed by atoms with Crippen LogP contribution in [-0.2, 0) is 9.16 Å². The zero-order chi connectivity index (χ0) is 23.6. The SMILES string of the molecule is CC(C)(C)[Si](C)(C)OC(CNC(=O)OCC1c2ccccc2-c2ccccc21)c1ccco1. The van der Waals surface area contributed by atoms with Gasteiger partial charge in [0.25, 0.3) is 0 Å². The highest BCUT2D eigenvalue weighted by Gasteiger charge is 2.40. The van der Waals surface area contributed by atoms with Crippen LogP contribution in [0.25, 0.3) is 11.1 Å². The Bertz CT molecular complexity index is 1060. The summed E-state index contributed by atoms with van der Waals surface area (Å²) in [6, 6.07) is 20.4. The van der Waals surface area contributed by atoms with Crippen molar-refractivity contribution in [3.05, 3.63) is 83.8 Å². The van der Waals surface area contributed by atoms with Crippen molar-refractivity contribution in [3.8, 4) is 11.1 Å². The fourth-order valence-corrected chi connectivity index (χ4v) is 5.30. The van der Waals surface area contributed by atoms with E-state index in [-0.39, 0.29) is 30.2 Å². The molecule has 1 heterocycles. The van der Waals surface area contributed by atoms with Gasteiger partial charge in [-0.05, 0) is 52.5 Å². The highest BCUT2D eigenvalue weighted by molar-refractivity contribution is 6.74. The Hall–Kier alpha value is -2.83. The lowest BCUT2D eigenvalue weighted by molar-refractivity contribution is 0.124. The molecule has 1 amide bonds. The number of rotatable bonds is 7. The molecule has 1 unspecified atom stereocenters. The second-order valence-electron chi connectivity index (χ2n) is 10.1. The first-order valence-electron chi connectivity index (χ1n) is 11.5. The molecule has 33 heavy (non-hydrogen) atoms. The first-order valence-corrected chi connectivity index (χ1v) is 14.4. The Morgan fingerprint density at radius 3 is 2.15 bits per heavy atom. The minimum absolute atomic E-state index is 0.0347. The molecule has 174 valence electrons. The van der Waals surface area contributed by atoms with Crippen LogP contribution in [0.1, 0.15) is 49.7 Å². The van der Waals surface area contributed by atoms with E-state index in [1.165, 1.54) is 22.3 Å². The van der Waals surface area contributed by atoms with Gasteiger partial charge in [0.2, 0.25) is 0 Å². The topological polar surface area (TPSA) is 60.7 Å². The lowest BCUT2D eigenvalue weighted by atomic mass is 9.98. The number of hydrogen-bond donors (Lipinski definition) is 1. The van der Waals surface area contributed by atoms with E-state index in [4.69, 9.17) is 13.6 Å². The molecular formula is C27H33NO4Si. The summed E-state index contributed by atoms with van der Waals surface area (Å²) in [5, 5.41) is 2.94. The molecule has 0 radical (unpaired) electrons. The number of furan rings is 1. The van der Waals surface area contributed by atoms with E-state index in [1.807, 2.05) is 36.4 Å². The van der Waals surface area contributed by atoms with Crippen molar-refractivity contribution in [2.75, 3.05) is 13.2 Å². The minimum Gasteiger partial charge on any atom is -0.467 e. The molecule has 0 saturated heterocycles. The summed E-state index contributed by atoms with van der Waals surface area (Å²) in [4.78, 5) is 12.7. The molecule has 1 aliphatic carbocycles. The monoisotopic (exact) mass is 463 g/mol. The van der Waals surface area contributed by atoms with Gasteiger partial charge >= 0.3 is 6.09 Å². The van der Waals surface area contributed by atoms with Crippen LogP contribution in [0.3, 0.4) is 0 Å². The number of carbonyl (C=O) groups is 1. The summed E-state index contributed by atoms with van der Waals surface area (Å²) in [5.41, 5.74) is 4.81. The maximum absolute atomic E-state index is 12.7.